The number of benzene rings is 2. The van der Waals surface area contributed by atoms with Crippen molar-refractivity contribution in [2.75, 3.05) is 0 Å². The maximum Gasteiger partial charge on any atom is 0.326 e. The standard InChI is InChI=1S/C29H38N4O7/c1-3-18(2)25(30)28(38)31-21(14-15-24(34)35)26(36)32-22(16-19-10-6-4-7-11-19)27(37)33-23(29(39)40)17-20-12-8-5-9-13-20/h4-13,18,21-23,25H,3,14-17,30H2,1-2H3,(H,31,38)(H,32,36)(H,33,37)(H,34,35)(H,39,40). The Balaban J connectivity index is 2.26. The van der Waals surface area contributed by atoms with Crippen LogP contribution in [0.5, 0.6) is 0 Å². The largest absolute Gasteiger partial charge is 0.481 e. The number of nitrogens with two attached hydrogens (primary N) is 1. The van der Waals surface area contributed by atoms with Crippen LogP contribution in [-0.4, -0.2) is 64.0 Å². The lowest BCUT2D eigenvalue weighted by molar-refractivity contribution is -0.142. The fourth-order valence-electron chi connectivity index (χ4n) is 3.97. The molecule has 0 radical (unpaired) electrons. The number of rotatable bonds is 16. The van der Waals surface area contributed by atoms with Crippen LogP contribution in [0.15, 0.2) is 60.7 Å². The first-order valence-electron chi connectivity index (χ1n) is 13.2. The number of nitrogens with one attached hydrogen (secondary N) is 3. The molecule has 0 aromatic heterocycles. The van der Waals surface area contributed by atoms with Crippen LogP contribution in [-0.2, 0) is 36.8 Å². The highest BCUT2D eigenvalue weighted by Gasteiger charge is 2.31. The van der Waals surface area contributed by atoms with Crippen molar-refractivity contribution in [3.05, 3.63) is 71.8 Å². The summed E-state index contributed by atoms with van der Waals surface area (Å²) in [5.74, 6) is -4.72. The van der Waals surface area contributed by atoms with Gasteiger partial charge in [-0.2, -0.15) is 0 Å². The molecule has 0 aliphatic heterocycles. The smallest absolute Gasteiger partial charge is 0.326 e. The monoisotopic (exact) mass is 554 g/mol. The normalized spacial score (nSPS) is 14.6. The zero-order chi connectivity index (χ0) is 29.7. The van der Waals surface area contributed by atoms with Crippen LogP contribution in [0.4, 0.5) is 0 Å². The molecule has 2 rings (SSSR count). The fourth-order valence-corrected chi connectivity index (χ4v) is 3.97. The Hall–Kier alpha value is -4.25. The van der Waals surface area contributed by atoms with E-state index in [2.05, 4.69) is 16.0 Å². The lowest BCUT2D eigenvalue weighted by Gasteiger charge is -2.26. The minimum Gasteiger partial charge on any atom is -0.481 e. The molecule has 40 heavy (non-hydrogen) atoms. The summed E-state index contributed by atoms with van der Waals surface area (Å²) in [7, 11) is 0. The molecule has 0 saturated carbocycles. The zero-order valence-electron chi connectivity index (χ0n) is 22.7. The van der Waals surface area contributed by atoms with Crippen LogP contribution < -0.4 is 21.7 Å². The number of carboxylic acids is 2. The first-order valence-corrected chi connectivity index (χ1v) is 13.2. The summed E-state index contributed by atoms with van der Waals surface area (Å²) >= 11 is 0. The van der Waals surface area contributed by atoms with E-state index in [0.717, 1.165) is 0 Å². The number of hydrogen-bond acceptors (Lipinski definition) is 6. The number of carbonyl (C=O) groups is 5. The van der Waals surface area contributed by atoms with Crippen molar-refractivity contribution in [2.45, 2.75) is 70.1 Å². The second kappa shape index (κ2) is 16.0. The van der Waals surface area contributed by atoms with E-state index < -0.39 is 60.2 Å². The van der Waals surface area contributed by atoms with Gasteiger partial charge in [0.25, 0.3) is 0 Å². The van der Waals surface area contributed by atoms with Crippen molar-refractivity contribution in [3.8, 4) is 0 Å². The van der Waals surface area contributed by atoms with Gasteiger partial charge in [-0.1, -0.05) is 80.9 Å². The lowest BCUT2D eigenvalue weighted by Crippen LogP contribution is -2.58. The summed E-state index contributed by atoms with van der Waals surface area (Å²) in [6.45, 7) is 3.65. The molecule has 11 nitrogen and oxygen atoms in total. The number of carbonyl (C=O) groups excluding carboxylic acids is 3. The SMILES string of the molecule is CCC(C)C(N)C(=O)NC(CCC(=O)O)C(=O)NC(Cc1ccccc1)C(=O)NC(Cc1ccccc1)C(=O)O. The van der Waals surface area contributed by atoms with Gasteiger partial charge in [-0.15, -0.1) is 0 Å². The summed E-state index contributed by atoms with van der Waals surface area (Å²) in [5, 5.41) is 26.5. The maximum atomic E-state index is 13.3. The van der Waals surface area contributed by atoms with Gasteiger partial charge in [0, 0.05) is 19.3 Å². The van der Waals surface area contributed by atoms with Gasteiger partial charge in [0.05, 0.1) is 6.04 Å². The summed E-state index contributed by atoms with van der Waals surface area (Å²) in [5.41, 5.74) is 7.39. The van der Waals surface area contributed by atoms with E-state index in [1.54, 1.807) is 67.6 Å². The Morgan fingerprint density at radius 1 is 0.725 bits per heavy atom. The predicted molar refractivity (Wildman–Crippen MR) is 148 cm³/mol. The average molecular weight is 555 g/mol. The molecule has 0 bridgehead atoms. The van der Waals surface area contributed by atoms with E-state index in [1.807, 2.05) is 6.92 Å². The molecular formula is C29H38N4O7. The highest BCUT2D eigenvalue weighted by Crippen LogP contribution is 2.10. The van der Waals surface area contributed by atoms with Crippen LogP contribution in [0.3, 0.4) is 0 Å². The molecule has 0 aliphatic rings. The molecule has 5 atom stereocenters. The molecule has 0 aliphatic carbocycles. The molecule has 0 saturated heterocycles. The molecule has 2 aromatic rings. The summed E-state index contributed by atoms with van der Waals surface area (Å²) in [6, 6.07) is 12.9. The highest BCUT2D eigenvalue weighted by molar-refractivity contribution is 5.94. The number of carboxylic acid groups (broad SMARTS) is 2. The second-order valence-corrected chi connectivity index (χ2v) is 9.74. The molecule has 216 valence electrons. The molecule has 7 N–H and O–H groups in total. The van der Waals surface area contributed by atoms with Crippen LogP contribution in [0.25, 0.3) is 0 Å². The van der Waals surface area contributed by atoms with E-state index in [1.165, 1.54) is 0 Å². The zero-order valence-corrected chi connectivity index (χ0v) is 22.7. The Kier molecular flexibility index (Phi) is 12.8. The van der Waals surface area contributed by atoms with Crippen LogP contribution in [0, 0.1) is 5.92 Å². The van der Waals surface area contributed by atoms with E-state index in [4.69, 9.17) is 10.8 Å². The van der Waals surface area contributed by atoms with Gasteiger partial charge < -0.3 is 31.9 Å². The molecule has 11 heteroatoms. The van der Waals surface area contributed by atoms with Crippen molar-refractivity contribution in [1.29, 1.82) is 0 Å². The van der Waals surface area contributed by atoms with Crippen molar-refractivity contribution in [1.82, 2.24) is 16.0 Å². The van der Waals surface area contributed by atoms with Crippen LogP contribution in [0.2, 0.25) is 0 Å². The molecule has 0 fully saturated rings. The maximum absolute atomic E-state index is 13.3. The number of hydrogen-bond donors (Lipinski definition) is 6. The Morgan fingerprint density at radius 2 is 1.18 bits per heavy atom. The van der Waals surface area contributed by atoms with Crippen molar-refractivity contribution in [2.24, 2.45) is 11.7 Å². The first kappa shape index (κ1) is 32.0. The fraction of sp³-hybridized carbons (Fsp3) is 0.414. The molecular weight excluding hydrogens is 516 g/mol. The molecule has 0 spiro atoms. The van der Waals surface area contributed by atoms with Crippen molar-refractivity contribution in [3.63, 3.8) is 0 Å². The van der Waals surface area contributed by atoms with Gasteiger partial charge in [0.15, 0.2) is 0 Å². The van der Waals surface area contributed by atoms with Crippen molar-refractivity contribution >= 4 is 29.7 Å². The summed E-state index contributed by atoms with van der Waals surface area (Å²) in [6.07, 6.45) is 0.0324. The van der Waals surface area contributed by atoms with Crippen LogP contribution in [0.1, 0.15) is 44.2 Å². The first-order chi connectivity index (χ1) is 19.0. The minimum atomic E-state index is -1.27. The topological polar surface area (TPSA) is 188 Å². The van der Waals surface area contributed by atoms with E-state index >= 15 is 0 Å². The number of aliphatic carboxylic acids is 2. The van der Waals surface area contributed by atoms with Gasteiger partial charge in [-0.3, -0.25) is 19.2 Å². The molecule has 2 aromatic carbocycles. The lowest BCUT2D eigenvalue weighted by atomic mass is 9.98. The third-order valence-corrected chi connectivity index (χ3v) is 6.65. The van der Waals surface area contributed by atoms with Crippen LogP contribution >= 0.6 is 0 Å². The third-order valence-electron chi connectivity index (χ3n) is 6.65. The van der Waals surface area contributed by atoms with E-state index in [-0.39, 0.29) is 25.2 Å². The third kappa shape index (κ3) is 10.5. The Morgan fingerprint density at radius 3 is 1.65 bits per heavy atom. The van der Waals surface area contributed by atoms with Gasteiger partial charge in [-0.05, 0) is 23.5 Å². The van der Waals surface area contributed by atoms with Gasteiger partial charge in [0.2, 0.25) is 17.7 Å². The highest BCUT2D eigenvalue weighted by atomic mass is 16.4. The van der Waals surface area contributed by atoms with Crippen molar-refractivity contribution < 1.29 is 34.2 Å². The predicted octanol–water partition coefficient (Wildman–Crippen LogP) is 1.25. The average Bonchev–Trinajstić information content (AvgIpc) is 2.94. The quantitative estimate of drug-likeness (QED) is 0.179. The Bertz CT molecular complexity index is 1140. The van der Waals surface area contributed by atoms with E-state index in [9.17, 15) is 29.1 Å². The Labute approximate surface area is 233 Å². The van der Waals surface area contributed by atoms with Gasteiger partial charge in [-0.25, -0.2) is 4.79 Å². The number of amides is 3. The minimum absolute atomic E-state index is 0.0265. The van der Waals surface area contributed by atoms with E-state index in [0.29, 0.717) is 17.5 Å². The van der Waals surface area contributed by atoms with Gasteiger partial charge in [0.1, 0.15) is 18.1 Å². The molecule has 0 heterocycles. The summed E-state index contributed by atoms with van der Waals surface area (Å²) < 4.78 is 0. The molecule has 5 unspecified atom stereocenters. The second-order valence-electron chi connectivity index (χ2n) is 9.74. The molecule has 3 amide bonds. The van der Waals surface area contributed by atoms with Gasteiger partial charge >= 0.3 is 11.9 Å². The summed E-state index contributed by atoms with van der Waals surface area (Å²) in [4.78, 5) is 62.5.